The van der Waals surface area contributed by atoms with Gasteiger partial charge in [-0.05, 0) is 0 Å². The van der Waals surface area contributed by atoms with Gasteiger partial charge in [0, 0.05) is 34.7 Å². The maximum atomic E-state index is 9.43. The fourth-order valence-electron chi connectivity index (χ4n) is 0.129. The summed E-state index contributed by atoms with van der Waals surface area (Å²) in [5.74, 6) is -2.62. The van der Waals surface area contributed by atoms with Gasteiger partial charge in [0.15, 0.2) is 0 Å². The zero-order chi connectivity index (χ0) is 5.86. The number of hydrogen-bond donors (Lipinski definition) is 2. The first-order chi connectivity index (χ1) is 3.13. The molecule has 0 fully saturated rings. The number of hydrogen-bond acceptors (Lipinski definition) is 2. The third kappa shape index (κ3) is 18.0. The summed E-state index contributed by atoms with van der Waals surface area (Å²) in [5.41, 5.74) is 0. The Bertz CT molecular complexity index is 90.0. The van der Waals surface area contributed by atoms with Crippen LogP contribution in [0.25, 0.3) is 0 Å². The molecule has 9 heavy (non-hydrogen) atoms. The maximum absolute atomic E-state index is 9.43. The zero-order valence-corrected chi connectivity index (χ0v) is 6.78. The smallest absolute Gasteiger partial charge is 0.314 e. The van der Waals surface area contributed by atoms with Gasteiger partial charge in [0.25, 0.3) is 0 Å². The third-order valence-electron chi connectivity index (χ3n) is 0.302. The van der Waals surface area contributed by atoms with Crippen molar-refractivity contribution in [3.8, 4) is 0 Å². The fourth-order valence-corrected chi connectivity index (χ4v) is 0.129. The minimum Gasteiger partial charge on any atom is -0.481 e. The molecule has 0 aliphatic carbocycles. The van der Waals surface area contributed by atoms with E-state index in [-0.39, 0.29) is 34.7 Å². The Labute approximate surface area is 73.1 Å². The molecule has 4 nitrogen and oxygen atoms in total. The van der Waals surface area contributed by atoms with E-state index in [0.29, 0.717) is 0 Å². The second-order valence-corrected chi connectivity index (χ2v) is 0.964. The Morgan fingerprint density at radius 2 is 1.22 bits per heavy atom. The van der Waals surface area contributed by atoms with E-state index >= 15 is 0 Å². The van der Waals surface area contributed by atoms with Crippen LogP contribution in [0.2, 0.25) is 0 Å². The first-order valence-corrected chi connectivity index (χ1v) is 1.56. The molecule has 0 atom stereocenters. The minimum atomic E-state index is -1.31. The fraction of sp³-hybridized carbons (Fsp3) is 0.333. The Kier molecular flexibility index (Phi) is 14.2. The standard InChI is InChI=1S/C3H4O4.2Cr/c4-2(5)1-3(6)7;;/h1H2,(H,4,5)(H,6,7);;. The van der Waals surface area contributed by atoms with Crippen molar-refractivity contribution in [1.82, 2.24) is 0 Å². The Hall–Kier alpha value is 0.00494. The predicted octanol–water partition coefficient (Wildman–Crippen LogP) is -0.459. The summed E-state index contributed by atoms with van der Waals surface area (Å²) >= 11 is 0. The van der Waals surface area contributed by atoms with Gasteiger partial charge in [0.05, 0.1) is 0 Å². The molecule has 0 rings (SSSR count). The van der Waals surface area contributed by atoms with Crippen molar-refractivity contribution < 1.29 is 54.5 Å². The summed E-state index contributed by atoms with van der Waals surface area (Å²) < 4.78 is 0. The molecule has 0 bridgehead atoms. The molecule has 0 heterocycles. The second kappa shape index (κ2) is 8.00. The van der Waals surface area contributed by atoms with Gasteiger partial charge >= 0.3 is 11.9 Å². The molecular weight excluding hydrogens is 204 g/mol. The van der Waals surface area contributed by atoms with Crippen molar-refractivity contribution in [2.75, 3.05) is 0 Å². The number of rotatable bonds is 2. The van der Waals surface area contributed by atoms with Gasteiger partial charge in [-0.25, -0.2) is 0 Å². The van der Waals surface area contributed by atoms with Gasteiger partial charge in [-0.3, -0.25) is 9.59 Å². The van der Waals surface area contributed by atoms with E-state index in [9.17, 15) is 9.59 Å². The van der Waals surface area contributed by atoms with Crippen LogP contribution in [-0.2, 0) is 44.3 Å². The maximum Gasteiger partial charge on any atom is 0.314 e. The molecule has 2 N–H and O–H groups in total. The summed E-state index contributed by atoms with van der Waals surface area (Å²) in [6.45, 7) is 0. The molecule has 0 aromatic rings. The number of carboxylic acids is 2. The van der Waals surface area contributed by atoms with Gasteiger partial charge < -0.3 is 10.2 Å². The predicted molar refractivity (Wildman–Crippen MR) is 19.9 cm³/mol. The molecular formula is C3H4Cr2O4. The number of carboxylic acid groups (broad SMARTS) is 2. The van der Waals surface area contributed by atoms with E-state index in [4.69, 9.17) is 10.2 Å². The van der Waals surface area contributed by atoms with E-state index in [2.05, 4.69) is 0 Å². The monoisotopic (exact) mass is 208 g/mol. The molecule has 0 aliphatic heterocycles. The summed E-state index contributed by atoms with van der Waals surface area (Å²) in [7, 11) is 0. The third-order valence-corrected chi connectivity index (χ3v) is 0.302. The van der Waals surface area contributed by atoms with E-state index in [1.165, 1.54) is 0 Å². The van der Waals surface area contributed by atoms with Gasteiger partial charge in [-0.15, -0.1) is 0 Å². The van der Waals surface area contributed by atoms with Crippen LogP contribution in [0.3, 0.4) is 0 Å². The van der Waals surface area contributed by atoms with Crippen molar-refractivity contribution in [3.63, 3.8) is 0 Å². The van der Waals surface area contributed by atoms with Crippen LogP contribution in [0.15, 0.2) is 0 Å². The molecule has 0 unspecified atom stereocenters. The van der Waals surface area contributed by atoms with Crippen LogP contribution < -0.4 is 0 Å². The Balaban J connectivity index is -0.000000180. The first-order valence-electron chi connectivity index (χ1n) is 1.56. The van der Waals surface area contributed by atoms with Crippen molar-refractivity contribution in [2.45, 2.75) is 6.42 Å². The average Bonchev–Trinajstić information content (AvgIpc) is 1.27. The average molecular weight is 208 g/mol. The number of aliphatic carboxylic acids is 2. The van der Waals surface area contributed by atoms with Crippen molar-refractivity contribution in [3.05, 3.63) is 0 Å². The van der Waals surface area contributed by atoms with E-state index in [0.717, 1.165) is 0 Å². The van der Waals surface area contributed by atoms with E-state index in [1.807, 2.05) is 0 Å². The minimum absolute atomic E-state index is 0. The second-order valence-electron chi connectivity index (χ2n) is 0.964. The largest absolute Gasteiger partial charge is 0.481 e. The Morgan fingerprint density at radius 1 is 1.00 bits per heavy atom. The summed E-state index contributed by atoms with van der Waals surface area (Å²) in [6.07, 6.45) is -0.806. The molecule has 0 aromatic carbocycles. The van der Waals surface area contributed by atoms with Crippen LogP contribution in [0, 0.1) is 0 Å². The van der Waals surface area contributed by atoms with Crippen LogP contribution in [0.4, 0.5) is 0 Å². The molecule has 52 valence electrons. The molecule has 0 aliphatic rings. The first kappa shape index (κ1) is 16.0. The molecule has 0 amide bonds. The van der Waals surface area contributed by atoms with Crippen LogP contribution in [-0.4, -0.2) is 22.2 Å². The van der Waals surface area contributed by atoms with E-state index < -0.39 is 18.4 Å². The van der Waals surface area contributed by atoms with Crippen LogP contribution in [0.5, 0.6) is 0 Å². The molecule has 0 spiro atoms. The molecule has 0 aromatic heterocycles. The number of carbonyl (C=O) groups is 2. The van der Waals surface area contributed by atoms with Gasteiger partial charge in [0.2, 0.25) is 0 Å². The van der Waals surface area contributed by atoms with Gasteiger partial charge in [-0.2, -0.15) is 0 Å². The molecule has 0 saturated heterocycles. The Morgan fingerprint density at radius 3 is 1.22 bits per heavy atom. The summed E-state index contributed by atoms with van der Waals surface area (Å²) in [4.78, 5) is 18.9. The SMILES string of the molecule is O=C(O)CC(=O)O.[Cr].[Cr]. The van der Waals surface area contributed by atoms with Crippen LogP contribution in [0.1, 0.15) is 6.42 Å². The molecule has 0 saturated carbocycles. The van der Waals surface area contributed by atoms with Crippen molar-refractivity contribution in [1.29, 1.82) is 0 Å². The van der Waals surface area contributed by atoms with Gasteiger partial charge in [0.1, 0.15) is 6.42 Å². The van der Waals surface area contributed by atoms with Crippen molar-refractivity contribution >= 4 is 11.9 Å². The summed E-state index contributed by atoms with van der Waals surface area (Å²) in [5, 5.41) is 15.4. The topological polar surface area (TPSA) is 74.6 Å². The van der Waals surface area contributed by atoms with Crippen LogP contribution >= 0.6 is 0 Å². The van der Waals surface area contributed by atoms with Crippen molar-refractivity contribution in [2.24, 2.45) is 0 Å². The zero-order valence-electron chi connectivity index (χ0n) is 4.23. The molecule has 0 radical (unpaired) electrons. The quantitative estimate of drug-likeness (QED) is 0.602. The summed E-state index contributed by atoms with van der Waals surface area (Å²) in [6, 6.07) is 0. The van der Waals surface area contributed by atoms with E-state index in [1.54, 1.807) is 0 Å². The molecule has 6 heteroatoms. The normalized spacial score (nSPS) is 6.22. The van der Waals surface area contributed by atoms with Gasteiger partial charge in [-0.1, -0.05) is 0 Å².